The molecular weight excluding hydrogens is 354 g/mol. The van der Waals surface area contributed by atoms with Crippen molar-refractivity contribution in [3.8, 4) is 0 Å². The smallest absolute Gasteiger partial charge is 0.414 e. The van der Waals surface area contributed by atoms with Crippen molar-refractivity contribution in [1.82, 2.24) is 0 Å². The summed E-state index contributed by atoms with van der Waals surface area (Å²) in [4.78, 5) is 26.1. The van der Waals surface area contributed by atoms with Crippen LogP contribution in [0.25, 0.3) is 0 Å². The van der Waals surface area contributed by atoms with Crippen LogP contribution in [0.3, 0.4) is 0 Å². The van der Waals surface area contributed by atoms with Gasteiger partial charge in [0.15, 0.2) is 0 Å². The Morgan fingerprint density at radius 1 is 1.00 bits per heavy atom. The van der Waals surface area contributed by atoms with Gasteiger partial charge in [0, 0.05) is 6.04 Å². The zero-order valence-electron chi connectivity index (χ0n) is 16.6. The fourth-order valence-electron chi connectivity index (χ4n) is 3.16. The highest BCUT2D eigenvalue weighted by atomic mass is 16.6. The molecule has 5 heteroatoms. The van der Waals surface area contributed by atoms with Gasteiger partial charge in [0.2, 0.25) is 0 Å². The summed E-state index contributed by atoms with van der Waals surface area (Å²) >= 11 is 0. The van der Waals surface area contributed by atoms with Gasteiger partial charge in [-0.25, -0.2) is 9.59 Å². The van der Waals surface area contributed by atoms with Crippen LogP contribution < -0.4 is 4.90 Å². The van der Waals surface area contributed by atoms with Gasteiger partial charge in [-0.15, -0.1) is 0 Å². The fourth-order valence-corrected chi connectivity index (χ4v) is 3.16. The normalized spacial score (nSPS) is 11.6. The molecule has 1 atom stereocenters. The number of nitrogens with zero attached hydrogens (tertiary/aromatic N) is 1. The quantitative estimate of drug-likeness (QED) is 0.520. The summed E-state index contributed by atoms with van der Waals surface area (Å²) in [6.07, 6.45) is 4.62. The first-order valence-corrected chi connectivity index (χ1v) is 9.86. The number of unbranched alkanes of at least 4 members (excludes halogenated alkanes) is 3. The summed E-state index contributed by atoms with van der Waals surface area (Å²) in [7, 11) is 0. The molecule has 0 spiro atoms. The van der Waals surface area contributed by atoms with Crippen LogP contribution in [0.5, 0.6) is 0 Å². The van der Waals surface area contributed by atoms with E-state index >= 15 is 0 Å². The minimum absolute atomic E-state index is 0.0968. The summed E-state index contributed by atoms with van der Waals surface area (Å²) in [5, 5.41) is 9.55. The van der Waals surface area contributed by atoms with Crippen molar-refractivity contribution < 1.29 is 19.4 Å². The summed E-state index contributed by atoms with van der Waals surface area (Å²) in [5.41, 5.74) is 1.36. The van der Waals surface area contributed by atoms with Gasteiger partial charge in [0.25, 0.3) is 0 Å². The number of carbonyl (C=O) groups excluding carboxylic acids is 1. The van der Waals surface area contributed by atoms with E-state index in [1.807, 2.05) is 37.3 Å². The molecule has 0 aliphatic rings. The van der Waals surface area contributed by atoms with Gasteiger partial charge in [-0.1, -0.05) is 75.1 Å². The lowest BCUT2D eigenvalue weighted by molar-refractivity contribution is 0.0697. The first kappa shape index (κ1) is 21.5. The van der Waals surface area contributed by atoms with Crippen LogP contribution in [-0.2, 0) is 11.3 Å². The molecule has 5 nitrogen and oxygen atoms in total. The number of ether oxygens (including phenoxy) is 1. The number of benzene rings is 2. The van der Waals surface area contributed by atoms with Gasteiger partial charge in [0.05, 0.1) is 11.3 Å². The first-order valence-electron chi connectivity index (χ1n) is 9.86. The molecule has 0 aliphatic carbocycles. The van der Waals surface area contributed by atoms with Gasteiger partial charge in [-0.05, 0) is 31.0 Å². The van der Waals surface area contributed by atoms with Gasteiger partial charge < -0.3 is 9.84 Å². The molecule has 1 unspecified atom stereocenters. The second-order valence-electron chi connectivity index (χ2n) is 6.93. The summed E-state index contributed by atoms with van der Waals surface area (Å²) in [6.45, 7) is 4.24. The molecule has 0 saturated carbocycles. The highest BCUT2D eigenvalue weighted by Gasteiger charge is 2.27. The van der Waals surface area contributed by atoms with Gasteiger partial charge in [-0.3, -0.25) is 4.90 Å². The van der Waals surface area contributed by atoms with E-state index in [9.17, 15) is 14.7 Å². The Labute approximate surface area is 166 Å². The monoisotopic (exact) mass is 383 g/mol. The maximum Gasteiger partial charge on any atom is 0.414 e. The van der Waals surface area contributed by atoms with Crippen LogP contribution in [0.2, 0.25) is 0 Å². The second kappa shape index (κ2) is 11.1. The van der Waals surface area contributed by atoms with E-state index in [0.717, 1.165) is 37.7 Å². The number of hydrogen-bond acceptors (Lipinski definition) is 3. The SMILES string of the molecule is CCCCCCC(C)N(C(=O)OCc1ccccc1)c1ccccc1C(=O)O. The molecule has 28 heavy (non-hydrogen) atoms. The molecule has 2 aromatic carbocycles. The highest BCUT2D eigenvalue weighted by Crippen LogP contribution is 2.26. The van der Waals surface area contributed by atoms with E-state index in [4.69, 9.17) is 4.74 Å². The van der Waals surface area contributed by atoms with Crippen molar-refractivity contribution in [3.05, 3.63) is 65.7 Å². The lowest BCUT2D eigenvalue weighted by Crippen LogP contribution is -2.40. The minimum Gasteiger partial charge on any atom is -0.478 e. The highest BCUT2D eigenvalue weighted by molar-refractivity contribution is 6.00. The molecule has 0 aliphatic heterocycles. The maximum atomic E-state index is 12.9. The molecule has 0 heterocycles. The Balaban J connectivity index is 2.20. The lowest BCUT2D eigenvalue weighted by atomic mass is 10.1. The van der Waals surface area contributed by atoms with Crippen LogP contribution in [0.15, 0.2) is 54.6 Å². The molecule has 1 N–H and O–H groups in total. The first-order chi connectivity index (χ1) is 13.5. The Kier molecular flexibility index (Phi) is 8.53. The van der Waals surface area contributed by atoms with Crippen molar-refractivity contribution in [2.45, 2.75) is 58.6 Å². The maximum absolute atomic E-state index is 12.9. The van der Waals surface area contributed by atoms with Crippen LogP contribution in [0.1, 0.15) is 61.9 Å². The third kappa shape index (κ3) is 6.12. The van der Waals surface area contributed by atoms with Crippen molar-refractivity contribution in [1.29, 1.82) is 0 Å². The van der Waals surface area contributed by atoms with Crippen molar-refractivity contribution in [3.63, 3.8) is 0 Å². The van der Waals surface area contributed by atoms with E-state index in [1.54, 1.807) is 18.2 Å². The molecule has 2 rings (SSSR count). The number of anilines is 1. The third-order valence-electron chi connectivity index (χ3n) is 4.71. The zero-order valence-corrected chi connectivity index (χ0v) is 16.6. The fraction of sp³-hybridized carbons (Fsp3) is 0.391. The predicted octanol–water partition coefficient (Wildman–Crippen LogP) is 5.89. The largest absolute Gasteiger partial charge is 0.478 e. The van der Waals surface area contributed by atoms with Crippen LogP contribution in [0, 0.1) is 0 Å². The van der Waals surface area contributed by atoms with E-state index in [-0.39, 0.29) is 18.2 Å². The molecular formula is C23H29NO4. The summed E-state index contributed by atoms with van der Waals surface area (Å²) < 4.78 is 5.52. The Bertz CT molecular complexity index is 760. The average Bonchev–Trinajstić information content (AvgIpc) is 2.71. The summed E-state index contributed by atoms with van der Waals surface area (Å²) in [5.74, 6) is -1.06. The molecule has 1 amide bonds. The van der Waals surface area contributed by atoms with Crippen LogP contribution in [-0.4, -0.2) is 23.2 Å². The number of rotatable bonds is 10. The van der Waals surface area contributed by atoms with E-state index < -0.39 is 12.1 Å². The molecule has 150 valence electrons. The standard InChI is InChI=1S/C23H29NO4/c1-3-4-5-7-12-18(2)24(21-16-11-10-15-20(21)22(25)26)23(27)28-17-19-13-8-6-9-14-19/h6,8-11,13-16,18H,3-5,7,12,17H2,1-2H3,(H,25,26). The molecule has 0 aromatic heterocycles. The van der Waals surface area contributed by atoms with E-state index in [1.165, 1.54) is 11.0 Å². The topological polar surface area (TPSA) is 66.8 Å². The number of aromatic carboxylic acids is 1. The van der Waals surface area contributed by atoms with Gasteiger partial charge >= 0.3 is 12.1 Å². The number of carboxylic acids is 1. The van der Waals surface area contributed by atoms with E-state index in [0.29, 0.717) is 5.69 Å². The molecule has 2 aromatic rings. The average molecular weight is 383 g/mol. The molecule has 0 radical (unpaired) electrons. The van der Waals surface area contributed by atoms with Gasteiger partial charge in [-0.2, -0.15) is 0 Å². The zero-order chi connectivity index (χ0) is 20.4. The van der Waals surface area contributed by atoms with Crippen LogP contribution in [0.4, 0.5) is 10.5 Å². The third-order valence-corrected chi connectivity index (χ3v) is 4.71. The second-order valence-corrected chi connectivity index (χ2v) is 6.93. The van der Waals surface area contributed by atoms with Crippen molar-refractivity contribution in [2.24, 2.45) is 0 Å². The Morgan fingerprint density at radius 3 is 2.36 bits per heavy atom. The predicted molar refractivity (Wildman–Crippen MR) is 111 cm³/mol. The van der Waals surface area contributed by atoms with Crippen LogP contribution >= 0.6 is 0 Å². The lowest BCUT2D eigenvalue weighted by Gasteiger charge is -2.29. The van der Waals surface area contributed by atoms with Crippen molar-refractivity contribution in [2.75, 3.05) is 4.90 Å². The number of amides is 1. The number of para-hydroxylation sites is 1. The number of carbonyl (C=O) groups is 2. The molecule has 0 fully saturated rings. The number of carboxylic acid groups (broad SMARTS) is 1. The Morgan fingerprint density at radius 2 is 1.68 bits per heavy atom. The minimum atomic E-state index is -1.06. The van der Waals surface area contributed by atoms with Crippen molar-refractivity contribution >= 4 is 17.7 Å². The molecule has 0 saturated heterocycles. The van der Waals surface area contributed by atoms with Gasteiger partial charge in [0.1, 0.15) is 6.61 Å². The number of hydrogen-bond donors (Lipinski definition) is 1. The Hall–Kier alpha value is -2.82. The van der Waals surface area contributed by atoms with E-state index in [2.05, 4.69) is 6.92 Å². The summed E-state index contributed by atoms with van der Waals surface area (Å²) in [6, 6.07) is 15.9. The molecule has 0 bridgehead atoms.